The summed E-state index contributed by atoms with van der Waals surface area (Å²) in [6, 6.07) is 10.1. The topological polar surface area (TPSA) is 12.5 Å². The predicted molar refractivity (Wildman–Crippen MR) is 69.2 cm³/mol. The Morgan fingerprint density at radius 3 is 2.47 bits per heavy atom. The molecule has 1 heterocycles. The first-order valence-electron chi connectivity index (χ1n) is 6.82. The monoisotopic (exact) mass is 231 g/mol. The molecule has 1 aliphatic heterocycles. The van der Waals surface area contributed by atoms with Gasteiger partial charge in [0.15, 0.2) is 0 Å². The van der Waals surface area contributed by atoms with Gasteiger partial charge in [0.1, 0.15) is 12.4 Å². The zero-order valence-electron chi connectivity index (χ0n) is 10.3. The van der Waals surface area contributed by atoms with Crippen LogP contribution >= 0.6 is 0 Å². The zero-order valence-corrected chi connectivity index (χ0v) is 10.3. The Bertz CT molecular complexity index is 339. The van der Waals surface area contributed by atoms with Gasteiger partial charge in [-0.05, 0) is 36.8 Å². The van der Waals surface area contributed by atoms with Crippen molar-refractivity contribution in [1.29, 1.82) is 0 Å². The van der Waals surface area contributed by atoms with Gasteiger partial charge in [0.2, 0.25) is 0 Å². The predicted octanol–water partition coefficient (Wildman–Crippen LogP) is 2.80. The molecule has 0 aromatic heterocycles. The van der Waals surface area contributed by atoms with Crippen molar-refractivity contribution in [2.75, 3.05) is 26.2 Å². The van der Waals surface area contributed by atoms with Crippen molar-refractivity contribution in [1.82, 2.24) is 4.90 Å². The summed E-state index contributed by atoms with van der Waals surface area (Å²) in [4.78, 5) is 2.58. The Morgan fingerprint density at radius 2 is 1.76 bits per heavy atom. The summed E-state index contributed by atoms with van der Waals surface area (Å²) in [6.07, 6.45) is 4.38. The number of para-hydroxylation sites is 1. The van der Waals surface area contributed by atoms with Crippen LogP contribution in [0.25, 0.3) is 0 Å². The van der Waals surface area contributed by atoms with Gasteiger partial charge < -0.3 is 4.74 Å². The van der Waals surface area contributed by atoms with Crippen LogP contribution in [-0.4, -0.2) is 31.1 Å². The highest BCUT2D eigenvalue weighted by molar-refractivity contribution is 5.20. The Balaban J connectivity index is 1.41. The van der Waals surface area contributed by atoms with E-state index in [4.69, 9.17) is 4.74 Å². The summed E-state index contributed by atoms with van der Waals surface area (Å²) in [5.41, 5.74) is 0. The fourth-order valence-corrected chi connectivity index (χ4v) is 3.32. The summed E-state index contributed by atoms with van der Waals surface area (Å²) in [7, 11) is 0. The van der Waals surface area contributed by atoms with E-state index < -0.39 is 0 Å². The number of likely N-dealkylation sites (tertiary alicyclic amines) is 1. The van der Waals surface area contributed by atoms with E-state index in [0.717, 1.165) is 30.7 Å². The maximum Gasteiger partial charge on any atom is 0.119 e. The van der Waals surface area contributed by atoms with Gasteiger partial charge in [0, 0.05) is 19.6 Å². The molecule has 2 unspecified atom stereocenters. The van der Waals surface area contributed by atoms with Crippen molar-refractivity contribution in [3.8, 4) is 5.75 Å². The highest BCUT2D eigenvalue weighted by Gasteiger charge is 2.35. The van der Waals surface area contributed by atoms with Gasteiger partial charge in [-0.15, -0.1) is 0 Å². The second-order valence-corrected chi connectivity index (χ2v) is 5.37. The Labute approximate surface area is 104 Å². The van der Waals surface area contributed by atoms with Crippen LogP contribution in [-0.2, 0) is 0 Å². The van der Waals surface area contributed by atoms with E-state index in [1.165, 1.54) is 32.4 Å². The van der Waals surface area contributed by atoms with Crippen LogP contribution in [0.3, 0.4) is 0 Å². The van der Waals surface area contributed by atoms with Gasteiger partial charge in [0.25, 0.3) is 0 Å². The van der Waals surface area contributed by atoms with Gasteiger partial charge in [0.05, 0.1) is 0 Å². The molecule has 0 radical (unpaired) electrons. The molecule has 2 fully saturated rings. The third-order valence-corrected chi connectivity index (χ3v) is 4.22. The fraction of sp³-hybridized carbons (Fsp3) is 0.600. The summed E-state index contributed by atoms with van der Waals surface area (Å²) in [5, 5.41) is 0. The minimum Gasteiger partial charge on any atom is -0.492 e. The van der Waals surface area contributed by atoms with Crippen LogP contribution < -0.4 is 4.74 Å². The van der Waals surface area contributed by atoms with E-state index in [-0.39, 0.29) is 0 Å². The zero-order chi connectivity index (χ0) is 11.5. The van der Waals surface area contributed by atoms with Crippen LogP contribution in [0, 0.1) is 11.8 Å². The molecule has 0 bridgehead atoms. The molecule has 3 rings (SSSR count). The molecule has 2 aliphatic rings. The molecule has 0 amide bonds. The molecule has 92 valence electrons. The maximum absolute atomic E-state index is 5.75. The molecule has 1 aromatic rings. The Hall–Kier alpha value is -1.02. The molecule has 0 N–H and O–H groups in total. The molecular formula is C15H21NO. The first-order valence-corrected chi connectivity index (χ1v) is 6.82. The molecule has 2 heteroatoms. The van der Waals surface area contributed by atoms with Gasteiger partial charge in [-0.1, -0.05) is 24.6 Å². The number of benzene rings is 1. The van der Waals surface area contributed by atoms with E-state index in [1.54, 1.807) is 0 Å². The number of fused-ring (bicyclic) bond motifs is 1. The SMILES string of the molecule is c1ccc(OCCN2CC3CCCC3C2)cc1. The first-order chi connectivity index (χ1) is 8.42. The minimum absolute atomic E-state index is 0.823. The molecule has 1 aliphatic carbocycles. The average molecular weight is 231 g/mol. The molecule has 1 aromatic carbocycles. The molecule has 0 spiro atoms. The van der Waals surface area contributed by atoms with E-state index in [9.17, 15) is 0 Å². The normalized spacial score (nSPS) is 28.2. The lowest BCUT2D eigenvalue weighted by Gasteiger charge is -2.16. The summed E-state index contributed by atoms with van der Waals surface area (Å²) >= 11 is 0. The van der Waals surface area contributed by atoms with Crippen molar-refractivity contribution < 1.29 is 4.74 Å². The molecular weight excluding hydrogens is 210 g/mol. The molecule has 2 nitrogen and oxygen atoms in total. The van der Waals surface area contributed by atoms with E-state index in [1.807, 2.05) is 30.3 Å². The standard InChI is InChI=1S/C15H21NO/c1-2-7-15(8-3-1)17-10-9-16-11-13-5-4-6-14(13)12-16/h1-3,7-8,13-14H,4-6,9-12H2. The lowest BCUT2D eigenvalue weighted by atomic mass is 10.0. The molecule has 1 saturated carbocycles. The van der Waals surface area contributed by atoms with Crippen LogP contribution in [0.2, 0.25) is 0 Å². The highest BCUT2D eigenvalue weighted by Crippen LogP contribution is 2.37. The lowest BCUT2D eigenvalue weighted by Crippen LogP contribution is -2.27. The second-order valence-electron chi connectivity index (χ2n) is 5.37. The van der Waals surface area contributed by atoms with Crippen LogP contribution in [0.5, 0.6) is 5.75 Å². The van der Waals surface area contributed by atoms with Crippen LogP contribution in [0.1, 0.15) is 19.3 Å². The van der Waals surface area contributed by atoms with Crippen LogP contribution in [0.15, 0.2) is 30.3 Å². The summed E-state index contributed by atoms with van der Waals surface area (Å²) in [6.45, 7) is 4.52. The van der Waals surface area contributed by atoms with Crippen LogP contribution in [0.4, 0.5) is 0 Å². The molecule has 17 heavy (non-hydrogen) atoms. The van der Waals surface area contributed by atoms with Crippen molar-refractivity contribution in [3.63, 3.8) is 0 Å². The number of nitrogens with zero attached hydrogens (tertiary/aromatic N) is 1. The van der Waals surface area contributed by atoms with Gasteiger partial charge in [-0.2, -0.15) is 0 Å². The average Bonchev–Trinajstić information content (AvgIpc) is 2.91. The second kappa shape index (κ2) is 5.09. The number of hydrogen-bond acceptors (Lipinski definition) is 2. The quantitative estimate of drug-likeness (QED) is 0.790. The first kappa shape index (κ1) is 11.1. The third kappa shape index (κ3) is 2.63. The fourth-order valence-electron chi connectivity index (χ4n) is 3.32. The van der Waals surface area contributed by atoms with Crippen molar-refractivity contribution in [2.24, 2.45) is 11.8 Å². The van der Waals surface area contributed by atoms with Crippen molar-refractivity contribution >= 4 is 0 Å². The number of ether oxygens (including phenoxy) is 1. The molecule has 1 saturated heterocycles. The molecule has 2 atom stereocenters. The van der Waals surface area contributed by atoms with E-state index >= 15 is 0 Å². The number of hydrogen-bond donors (Lipinski definition) is 0. The third-order valence-electron chi connectivity index (χ3n) is 4.22. The van der Waals surface area contributed by atoms with Gasteiger partial charge >= 0.3 is 0 Å². The Kier molecular flexibility index (Phi) is 3.32. The lowest BCUT2D eigenvalue weighted by molar-refractivity contribution is 0.227. The Morgan fingerprint density at radius 1 is 1.06 bits per heavy atom. The van der Waals surface area contributed by atoms with Gasteiger partial charge in [-0.3, -0.25) is 4.90 Å². The minimum atomic E-state index is 0.823. The summed E-state index contributed by atoms with van der Waals surface area (Å²) in [5.74, 6) is 2.98. The van der Waals surface area contributed by atoms with E-state index in [0.29, 0.717) is 0 Å². The maximum atomic E-state index is 5.75. The number of rotatable bonds is 4. The van der Waals surface area contributed by atoms with Crippen molar-refractivity contribution in [3.05, 3.63) is 30.3 Å². The highest BCUT2D eigenvalue weighted by atomic mass is 16.5. The largest absolute Gasteiger partial charge is 0.492 e. The van der Waals surface area contributed by atoms with Crippen molar-refractivity contribution in [2.45, 2.75) is 19.3 Å². The van der Waals surface area contributed by atoms with E-state index in [2.05, 4.69) is 4.90 Å². The smallest absolute Gasteiger partial charge is 0.119 e. The van der Waals surface area contributed by atoms with Gasteiger partial charge in [-0.25, -0.2) is 0 Å². The summed E-state index contributed by atoms with van der Waals surface area (Å²) < 4.78 is 5.75.